The Hall–Kier alpha value is -1.87. The molecule has 1 aliphatic rings. The van der Waals surface area contributed by atoms with E-state index in [2.05, 4.69) is 43.5 Å². The van der Waals surface area contributed by atoms with Crippen LogP contribution in [0.15, 0.2) is 45.5 Å². The maximum atomic E-state index is 12.2. The predicted octanol–water partition coefficient (Wildman–Crippen LogP) is 4.72. The van der Waals surface area contributed by atoms with Crippen molar-refractivity contribution in [2.45, 2.75) is 6.92 Å². The Kier molecular flexibility index (Phi) is 5.67. The van der Waals surface area contributed by atoms with Crippen LogP contribution in [0, 0.1) is 10.5 Å². The van der Waals surface area contributed by atoms with E-state index >= 15 is 0 Å². The SMILES string of the molecule is COc1cc(/C=C2\N=C(c3ccc(I)c(C)c3)OC2=O)cc(Br)c1OC. The molecule has 0 atom stereocenters. The molecule has 134 valence electrons. The molecule has 5 nitrogen and oxygen atoms in total. The van der Waals surface area contributed by atoms with E-state index in [-0.39, 0.29) is 5.70 Å². The van der Waals surface area contributed by atoms with Crippen molar-refractivity contribution in [1.82, 2.24) is 0 Å². The van der Waals surface area contributed by atoms with Gasteiger partial charge in [0.05, 0.1) is 18.7 Å². The third-order valence-corrected chi connectivity index (χ3v) is 5.58. The zero-order chi connectivity index (χ0) is 18.8. The minimum absolute atomic E-state index is 0.232. The molecule has 2 aromatic carbocycles. The lowest BCUT2D eigenvalue weighted by Crippen LogP contribution is -2.05. The van der Waals surface area contributed by atoms with Gasteiger partial charge in [0.15, 0.2) is 17.2 Å². The summed E-state index contributed by atoms with van der Waals surface area (Å²) >= 11 is 5.70. The smallest absolute Gasteiger partial charge is 0.363 e. The second-order valence-corrected chi connectivity index (χ2v) is 7.55. The molecule has 2 aromatic rings. The number of aliphatic imine (C=N–C) groups is 1. The van der Waals surface area contributed by atoms with E-state index in [1.165, 1.54) is 0 Å². The number of cyclic esters (lactones) is 1. The molecule has 0 N–H and O–H groups in total. The summed E-state index contributed by atoms with van der Waals surface area (Å²) in [6.07, 6.45) is 1.65. The number of esters is 1. The van der Waals surface area contributed by atoms with Crippen molar-refractivity contribution in [2.24, 2.45) is 4.99 Å². The van der Waals surface area contributed by atoms with Crippen LogP contribution in [-0.4, -0.2) is 26.1 Å². The van der Waals surface area contributed by atoms with Gasteiger partial charge in [-0.1, -0.05) is 0 Å². The largest absolute Gasteiger partial charge is 0.493 e. The van der Waals surface area contributed by atoms with Gasteiger partial charge in [-0.2, -0.15) is 0 Å². The number of aryl methyl sites for hydroxylation is 1. The fraction of sp³-hybridized carbons (Fsp3) is 0.158. The number of carbonyl (C=O) groups excluding carboxylic acids is 1. The van der Waals surface area contributed by atoms with Crippen LogP contribution >= 0.6 is 38.5 Å². The molecule has 0 aliphatic carbocycles. The Morgan fingerprint density at radius 2 is 1.96 bits per heavy atom. The zero-order valence-corrected chi connectivity index (χ0v) is 18.0. The van der Waals surface area contributed by atoms with Crippen LogP contribution in [0.3, 0.4) is 0 Å². The number of carbonyl (C=O) groups is 1. The Morgan fingerprint density at radius 3 is 2.62 bits per heavy atom. The van der Waals surface area contributed by atoms with Gasteiger partial charge in [-0.15, -0.1) is 0 Å². The molecule has 0 spiro atoms. The molecule has 0 saturated carbocycles. The lowest BCUT2D eigenvalue weighted by Gasteiger charge is -2.10. The van der Waals surface area contributed by atoms with Crippen LogP contribution in [0.2, 0.25) is 0 Å². The van der Waals surface area contributed by atoms with Crippen molar-refractivity contribution in [1.29, 1.82) is 0 Å². The molecule has 1 aliphatic heterocycles. The average molecular weight is 528 g/mol. The molecule has 0 saturated heterocycles. The van der Waals surface area contributed by atoms with Gasteiger partial charge in [0.1, 0.15) is 0 Å². The second-order valence-electron chi connectivity index (χ2n) is 5.54. The maximum absolute atomic E-state index is 12.2. The van der Waals surface area contributed by atoms with Crippen LogP contribution in [0.4, 0.5) is 0 Å². The molecule has 1 heterocycles. The molecule has 0 amide bonds. The summed E-state index contributed by atoms with van der Waals surface area (Å²) in [5.74, 6) is 0.960. The highest BCUT2D eigenvalue weighted by Gasteiger charge is 2.24. The zero-order valence-electron chi connectivity index (χ0n) is 14.3. The summed E-state index contributed by atoms with van der Waals surface area (Å²) in [4.78, 5) is 16.6. The Bertz CT molecular complexity index is 953. The first-order chi connectivity index (χ1) is 12.4. The first-order valence-electron chi connectivity index (χ1n) is 7.63. The lowest BCUT2D eigenvalue weighted by molar-refractivity contribution is -0.129. The van der Waals surface area contributed by atoms with Crippen molar-refractivity contribution in [3.8, 4) is 11.5 Å². The van der Waals surface area contributed by atoms with Crippen LogP contribution in [-0.2, 0) is 9.53 Å². The van der Waals surface area contributed by atoms with E-state index < -0.39 is 5.97 Å². The van der Waals surface area contributed by atoms with Crippen LogP contribution in [0.1, 0.15) is 16.7 Å². The molecule has 0 radical (unpaired) electrons. The van der Waals surface area contributed by atoms with E-state index in [9.17, 15) is 4.79 Å². The molecule has 0 unspecified atom stereocenters. The molecular formula is C19H15BrINO4. The van der Waals surface area contributed by atoms with Gasteiger partial charge >= 0.3 is 5.97 Å². The van der Waals surface area contributed by atoms with E-state index in [1.54, 1.807) is 26.4 Å². The van der Waals surface area contributed by atoms with Crippen LogP contribution in [0.25, 0.3) is 6.08 Å². The van der Waals surface area contributed by atoms with Crippen molar-refractivity contribution in [3.63, 3.8) is 0 Å². The van der Waals surface area contributed by atoms with Crippen molar-refractivity contribution in [2.75, 3.05) is 14.2 Å². The quantitative estimate of drug-likeness (QED) is 0.328. The van der Waals surface area contributed by atoms with Crippen molar-refractivity contribution >= 4 is 56.5 Å². The highest BCUT2D eigenvalue weighted by atomic mass is 127. The Morgan fingerprint density at radius 1 is 1.19 bits per heavy atom. The summed E-state index contributed by atoms with van der Waals surface area (Å²) in [5, 5.41) is 0. The Labute approximate surface area is 173 Å². The fourth-order valence-electron chi connectivity index (χ4n) is 2.49. The minimum Gasteiger partial charge on any atom is -0.493 e. The highest BCUT2D eigenvalue weighted by molar-refractivity contribution is 14.1. The summed E-state index contributed by atoms with van der Waals surface area (Å²) < 4.78 is 17.8. The predicted molar refractivity (Wildman–Crippen MR) is 112 cm³/mol. The van der Waals surface area contributed by atoms with Gasteiger partial charge in [0, 0.05) is 9.13 Å². The van der Waals surface area contributed by atoms with Crippen LogP contribution in [0.5, 0.6) is 11.5 Å². The normalized spacial score (nSPS) is 15.0. The molecule has 0 bridgehead atoms. The molecule has 7 heteroatoms. The lowest BCUT2D eigenvalue weighted by atomic mass is 10.1. The number of rotatable bonds is 4. The van der Waals surface area contributed by atoms with Crippen molar-refractivity contribution in [3.05, 3.63) is 60.8 Å². The summed E-state index contributed by atoms with van der Waals surface area (Å²) in [5.41, 5.74) is 2.84. The minimum atomic E-state index is -0.484. The first-order valence-corrected chi connectivity index (χ1v) is 9.50. The number of nitrogens with zero attached hydrogens (tertiary/aromatic N) is 1. The van der Waals surface area contributed by atoms with E-state index in [1.807, 2.05) is 31.2 Å². The molecule has 26 heavy (non-hydrogen) atoms. The van der Waals surface area contributed by atoms with E-state index in [0.717, 1.165) is 24.7 Å². The van der Waals surface area contributed by atoms with E-state index in [0.29, 0.717) is 17.4 Å². The maximum Gasteiger partial charge on any atom is 0.363 e. The van der Waals surface area contributed by atoms with Gasteiger partial charge in [-0.3, -0.25) is 0 Å². The third kappa shape index (κ3) is 3.78. The number of halogens is 2. The topological polar surface area (TPSA) is 57.1 Å². The number of methoxy groups -OCH3 is 2. The fourth-order valence-corrected chi connectivity index (χ4v) is 3.45. The van der Waals surface area contributed by atoms with Gasteiger partial charge in [-0.25, -0.2) is 9.79 Å². The molecule has 3 rings (SSSR count). The van der Waals surface area contributed by atoms with Gasteiger partial charge in [-0.05, 0) is 93.0 Å². The highest BCUT2D eigenvalue weighted by Crippen LogP contribution is 2.37. The number of benzene rings is 2. The number of hydrogen-bond acceptors (Lipinski definition) is 5. The molecule has 0 aromatic heterocycles. The first kappa shape index (κ1) is 18.9. The second kappa shape index (κ2) is 7.79. The standard InChI is InChI=1S/C19H15BrINO4/c1-10-6-12(4-5-14(10)21)18-22-15(19(23)26-18)8-11-7-13(20)17(25-3)16(9-11)24-2/h4-9H,1-3H3/b15-8-. The van der Waals surface area contributed by atoms with Gasteiger partial charge < -0.3 is 14.2 Å². The third-order valence-electron chi connectivity index (χ3n) is 3.78. The number of hydrogen-bond donors (Lipinski definition) is 0. The van der Waals surface area contributed by atoms with E-state index in [4.69, 9.17) is 14.2 Å². The summed E-state index contributed by atoms with van der Waals surface area (Å²) in [7, 11) is 3.12. The van der Waals surface area contributed by atoms with Crippen LogP contribution < -0.4 is 9.47 Å². The van der Waals surface area contributed by atoms with Gasteiger partial charge in [0.2, 0.25) is 5.90 Å². The Balaban J connectivity index is 1.98. The number of ether oxygens (including phenoxy) is 3. The van der Waals surface area contributed by atoms with Crippen molar-refractivity contribution < 1.29 is 19.0 Å². The van der Waals surface area contributed by atoms with Gasteiger partial charge in [0.25, 0.3) is 0 Å². The summed E-state index contributed by atoms with van der Waals surface area (Å²) in [6.45, 7) is 2.00. The molecular weight excluding hydrogens is 513 g/mol. The average Bonchev–Trinajstić information content (AvgIpc) is 2.97. The molecule has 0 fully saturated rings. The monoisotopic (exact) mass is 527 g/mol. The summed E-state index contributed by atoms with van der Waals surface area (Å²) in [6, 6.07) is 9.39.